The number of amides is 1. The van der Waals surface area contributed by atoms with Crippen molar-refractivity contribution in [1.82, 2.24) is 9.97 Å². The van der Waals surface area contributed by atoms with E-state index >= 15 is 0 Å². The Morgan fingerprint density at radius 2 is 1.94 bits per heavy atom. The first-order valence-corrected chi connectivity index (χ1v) is 10.9. The van der Waals surface area contributed by atoms with E-state index in [1.54, 1.807) is 18.2 Å². The van der Waals surface area contributed by atoms with Crippen molar-refractivity contribution >= 4 is 40.2 Å². The largest absolute Gasteiger partial charge is 0.508 e. The highest BCUT2D eigenvalue weighted by molar-refractivity contribution is 5.95. The van der Waals surface area contributed by atoms with Crippen molar-refractivity contribution in [2.24, 2.45) is 4.99 Å². The number of nitrogens with zero attached hydrogens (tertiary/aromatic N) is 3. The number of benzene rings is 3. The van der Waals surface area contributed by atoms with Crippen molar-refractivity contribution in [2.75, 3.05) is 10.6 Å². The molecule has 0 spiro atoms. The van der Waals surface area contributed by atoms with Gasteiger partial charge < -0.3 is 15.7 Å². The Kier molecular flexibility index (Phi) is 5.44. The number of phenolic OH excluding ortho intramolecular Hbond substituents is 1. The second-order valence-corrected chi connectivity index (χ2v) is 7.98. The zero-order valence-electron chi connectivity index (χ0n) is 18.2. The van der Waals surface area contributed by atoms with E-state index in [2.05, 4.69) is 21.7 Å². The number of anilines is 3. The summed E-state index contributed by atoms with van der Waals surface area (Å²) < 4.78 is 0. The average molecular weight is 438 g/mol. The molecule has 0 bridgehead atoms. The molecule has 1 aliphatic rings. The van der Waals surface area contributed by atoms with Gasteiger partial charge in [0, 0.05) is 35.0 Å². The summed E-state index contributed by atoms with van der Waals surface area (Å²) in [4.78, 5) is 25.8. The van der Waals surface area contributed by atoms with E-state index < -0.39 is 0 Å². The van der Waals surface area contributed by atoms with E-state index in [-0.39, 0.29) is 11.7 Å². The molecule has 1 aliphatic heterocycles. The Morgan fingerprint density at radius 3 is 2.82 bits per heavy atom. The Hall–Kier alpha value is -4.26. The van der Waals surface area contributed by atoms with Crippen molar-refractivity contribution in [1.29, 1.82) is 0 Å². The maximum Gasteiger partial charge on any atom is 0.224 e. The predicted octanol–water partition coefficient (Wildman–Crippen LogP) is 5.42. The molecule has 2 heterocycles. The third kappa shape index (κ3) is 4.39. The topological polar surface area (TPSA) is 99.5 Å². The summed E-state index contributed by atoms with van der Waals surface area (Å²) in [5.41, 5.74) is 5.32. The molecule has 5 rings (SSSR count). The molecule has 0 saturated heterocycles. The number of nitrogens with one attached hydrogen (secondary N) is 2. The molecule has 3 aromatic carbocycles. The summed E-state index contributed by atoms with van der Waals surface area (Å²) >= 11 is 0. The van der Waals surface area contributed by atoms with Crippen LogP contribution in [-0.4, -0.2) is 27.2 Å². The molecule has 4 aromatic rings. The number of hydrogen-bond donors (Lipinski definition) is 3. The maximum atomic E-state index is 12.0. The summed E-state index contributed by atoms with van der Waals surface area (Å²) in [6.45, 7) is 2.67. The fourth-order valence-corrected chi connectivity index (χ4v) is 3.84. The van der Waals surface area contributed by atoms with E-state index in [9.17, 15) is 9.90 Å². The van der Waals surface area contributed by atoms with Crippen LogP contribution in [0.1, 0.15) is 30.9 Å². The molecule has 0 radical (unpaired) electrons. The number of carbonyl (C=O) groups is 1. The van der Waals surface area contributed by atoms with Gasteiger partial charge in [0.05, 0.1) is 12.1 Å². The first-order valence-electron chi connectivity index (χ1n) is 10.9. The quantitative estimate of drug-likeness (QED) is 0.374. The number of aromatic hydroxyl groups is 1. The Bertz CT molecular complexity index is 1400. The van der Waals surface area contributed by atoms with Crippen LogP contribution in [0, 0.1) is 0 Å². The Morgan fingerprint density at radius 1 is 1.03 bits per heavy atom. The normalized spacial score (nSPS) is 12.0. The van der Waals surface area contributed by atoms with Crippen molar-refractivity contribution < 1.29 is 9.90 Å². The minimum atomic E-state index is -0.0212. The first kappa shape index (κ1) is 20.6. The van der Waals surface area contributed by atoms with Crippen molar-refractivity contribution in [3.05, 3.63) is 71.8 Å². The van der Waals surface area contributed by atoms with Crippen LogP contribution in [-0.2, 0) is 11.3 Å². The van der Waals surface area contributed by atoms with Crippen LogP contribution < -0.4 is 10.6 Å². The molecule has 1 aromatic heterocycles. The molecule has 0 fully saturated rings. The van der Waals surface area contributed by atoms with Crippen LogP contribution in [0.4, 0.5) is 17.2 Å². The number of rotatable bonds is 6. The molecule has 0 aliphatic carbocycles. The number of aliphatic imine (C=N–C) groups is 1. The smallest absolute Gasteiger partial charge is 0.224 e. The molecular formula is C26H23N5O2. The number of hydrogen-bond acceptors (Lipinski definition) is 6. The number of phenols is 1. The lowest BCUT2D eigenvalue weighted by atomic mass is 10.1. The van der Waals surface area contributed by atoms with E-state index in [0.29, 0.717) is 41.2 Å². The lowest BCUT2D eigenvalue weighted by Gasteiger charge is -2.13. The van der Waals surface area contributed by atoms with Gasteiger partial charge in [0.2, 0.25) is 5.91 Å². The molecule has 7 nitrogen and oxygen atoms in total. The molecular weight excluding hydrogens is 414 g/mol. The summed E-state index contributed by atoms with van der Waals surface area (Å²) in [5.74, 6) is 1.22. The second-order valence-electron chi connectivity index (χ2n) is 7.98. The number of carbonyl (C=O) groups excluding carboxylic acids is 1. The van der Waals surface area contributed by atoms with Gasteiger partial charge in [0.15, 0.2) is 5.82 Å². The summed E-state index contributed by atoms with van der Waals surface area (Å²) in [7, 11) is 0. The maximum absolute atomic E-state index is 12.0. The summed E-state index contributed by atoms with van der Waals surface area (Å²) in [6.07, 6.45) is 3.13. The van der Waals surface area contributed by atoms with Gasteiger partial charge in [0.25, 0.3) is 0 Å². The molecule has 33 heavy (non-hydrogen) atoms. The minimum absolute atomic E-state index is 0.0212. The second kappa shape index (κ2) is 8.70. The highest BCUT2D eigenvalue weighted by Gasteiger charge is 2.13. The predicted molar refractivity (Wildman–Crippen MR) is 131 cm³/mol. The third-order valence-corrected chi connectivity index (χ3v) is 5.46. The first-order chi connectivity index (χ1) is 16.1. The summed E-state index contributed by atoms with van der Waals surface area (Å²) in [6, 6.07) is 18.6. The lowest BCUT2D eigenvalue weighted by Crippen LogP contribution is -2.10. The molecule has 164 valence electrons. The standard InChI is InChI=1S/C26H23N5O2/c1-2-4-24(33)28-19-6-3-5-16(11-19)25-30-23-10-9-21(32)13-22(23)26(31-25)29-20-8-7-17-14-27-15-18(17)12-20/h3,5-13,15,32H,2,4,14H2,1H3,(H,28,33)(H,29,30,31). The van der Waals surface area contributed by atoms with Crippen molar-refractivity contribution in [2.45, 2.75) is 26.3 Å². The highest BCUT2D eigenvalue weighted by atomic mass is 16.3. The van der Waals surface area contributed by atoms with E-state index in [4.69, 9.17) is 9.97 Å². The average Bonchev–Trinajstić information content (AvgIpc) is 3.27. The van der Waals surface area contributed by atoms with Gasteiger partial charge in [-0.15, -0.1) is 0 Å². The summed E-state index contributed by atoms with van der Waals surface area (Å²) in [5, 5.41) is 17.1. The minimum Gasteiger partial charge on any atom is -0.508 e. The van der Waals surface area contributed by atoms with Crippen molar-refractivity contribution in [3.63, 3.8) is 0 Å². The zero-order valence-corrected chi connectivity index (χ0v) is 18.2. The van der Waals surface area contributed by atoms with Crippen LogP contribution in [0.25, 0.3) is 22.3 Å². The van der Waals surface area contributed by atoms with Crippen LogP contribution in [0.15, 0.2) is 65.7 Å². The van der Waals surface area contributed by atoms with Crippen molar-refractivity contribution in [3.8, 4) is 17.1 Å². The fraction of sp³-hybridized carbons (Fsp3) is 0.154. The molecule has 1 amide bonds. The fourth-order valence-electron chi connectivity index (χ4n) is 3.84. The van der Waals surface area contributed by atoms with Crippen LogP contribution >= 0.6 is 0 Å². The van der Waals surface area contributed by atoms with Crippen LogP contribution in [0.5, 0.6) is 5.75 Å². The van der Waals surface area contributed by atoms with Crippen LogP contribution in [0.3, 0.4) is 0 Å². The SMILES string of the molecule is CCCC(=O)Nc1cccc(-c2nc(Nc3ccc4c(c3)C=NC4)c3cc(O)ccc3n2)c1. The molecule has 7 heteroatoms. The van der Waals surface area contributed by atoms with Gasteiger partial charge in [0.1, 0.15) is 11.6 Å². The van der Waals surface area contributed by atoms with E-state index in [1.807, 2.05) is 49.5 Å². The molecule has 0 saturated carbocycles. The molecule has 0 atom stereocenters. The number of aromatic nitrogens is 2. The van der Waals surface area contributed by atoms with Gasteiger partial charge in [-0.2, -0.15) is 0 Å². The Balaban J connectivity index is 1.55. The zero-order chi connectivity index (χ0) is 22.8. The monoisotopic (exact) mass is 437 g/mol. The van der Waals surface area contributed by atoms with Crippen LogP contribution in [0.2, 0.25) is 0 Å². The van der Waals surface area contributed by atoms with Gasteiger partial charge in [-0.05, 0) is 60.0 Å². The highest BCUT2D eigenvalue weighted by Crippen LogP contribution is 2.31. The van der Waals surface area contributed by atoms with Gasteiger partial charge >= 0.3 is 0 Å². The Labute approximate surface area is 191 Å². The third-order valence-electron chi connectivity index (χ3n) is 5.46. The number of fused-ring (bicyclic) bond motifs is 2. The van der Waals surface area contributed by atoms with Gasteiger partial charge in [-0.25, -0.2) is 9.97 Å². The molecule has 0 unspecified atom stereocenters. The molecule has 3 N–H and O–H groups in total. The lowest BCUT2D eigenvalue weighted by molar-refractivity contribution is -0.116. The van der Waals surface area contributed by atoms with Gasteiger partial charge in [-0.3, -0.25) is 9.79 Å². The van der Waals surface area contributed by atoms with E-state index in [0.717, 1.165) is 23.2 Å². The van der Waals surface area contributed by atoms with Gasteiger partial charge in [-0.1, -0.05) is 25.1 Å². The van der Waals surface area contributed by atoms with E-state index in [1.165, 1.54) is 5.56 Å².